The van der Waals surface area contributed by atoms with E-state index in [1.807, 2.05) is 12.1 Å². The van der Waals surface area contributed by atoms with Gasteiger partial charge in [0.2, 0.25) is 10.0 Å². The first kappa shape index (κ1) is 25.6. The highest BCUT2D eigenvalue weighted by atomic mass is 32.2. The molecule has 1 N–H and O–H groups in total. The highest BCUT2D eigenvalue weighted by molar-refractivity contribution is 7.89. The molecule has 2 aliphatic rings. The number of nitrogens with zero attached hydrogens (tertiary/aromatic N) is 6. The first-order valence-corrected chi connectivity index (χ1v) is 13.8. The normalized spacial score (nSPS) is 18.1. The van der Waals surface area contributed by atoms with Crippen molar-refractivity contribution in [2.75, 3.05) is 81.9 Å². The number of β-amino-alcohol motifs (C(OH)–C–C–N with tert-alkyl or cyclic N) is 1. The van der Waals surface area contributed by atoms with Gasteiger partial charge in [-0.15, -0.1) is 10.2 Å². The predicted octanol–water partition coefficient (Wildman–Crippen LogP) is 1.28. The van der Waals surface area contributed by atoms with Gasteiger partial charge in [-0.3, -0.25) is 4.90 Å². The van der Waals surface area contributed by atoms with Gasteiger partial charge in [-0.2, -0.15) is 4.31 Å². The summed E-state index contributed by atoms with van der Waals surface area (Å²) in [6.07, 6.45) is 2.03. The first-order valence-electron chi connectivity index (χ1n) is 12.4. The highest BCUT2D eigenvalue weighted by Crippen LogP contribution is 2.23. The third kappa shape index (κ3) is 6.40. The van der Waals surface area contributed by atoms with Crippen LogP contribution in [0.15, 0.2) is 41.3 Å². The number of anilines is 2. The molecule has 0 radical (unpaired) electrons. The maximum Gasteiger partial charge on any atom is 0.243 e. The minimum absolute atomic E-state index is 0.184. The summed E-state index contributed by atoms with van der Waals surface area (Å²) in [5, 5.41) is 17.9. The fourth-order valence-electron chi connectivity index (χ4n) is 4.35. The standard InChI is InChI=1S/C24H36N6O4S/c1-2-3-20-34-21-4-6-22(7-5-21)35(32,33)30-16-14-29(15-17-30)24-9-8-23(25-26-24)28-12-10-27(11-13-28)18-19-31/h4-9,31H,2-3,10-20H2,1H3. The maximum atomic E-state index is 13.1. The van der Waals surface area contributed by atoms with Crippen molar-refractivity contribution in [3.05, 3.63) is 36.4 Å². The molecule has 1 aromatic carbocycles. The molecule has 0 bridgehead atoms. The Labute approximate surface area is 208 Å². The molecule has 3 heterocycles. The summed E-state index contributed by atoms with van der Waals surface area (Å²) in [5.74, 6) is 2.30. The van der Waals surface area contributed by atoms with E-state index >= 15 is 0 Å². The van der Waals surface area contributed by atoms with Crippen LogP contribution >= 0.6 is 0 Å². The lowest BCUT2D eigenvalue weighted by molar-refractivity contribution is 0.188. The van der Waals surface area contributed by atoms with Crippen LogP contribution in [0.25, 0.3) is 0 Å². The van der Waals surface area contributed by atoms with Gasteiger partial charge in [0.25, 0.3) is 0 Å². The lowest BCUT2D eigenvalue weighted by atomic mass is 10.3. The Morgan fingerprint density at radius 3 is 1.94 bits per heavy atom. The third-order valence-corrected chi connectivity index (χ3v) is 8.45. The van der Waals surface area contributed by atoms with E-state index in [-0.39, 0.29) is 11.5 Å². The zero-order valence-corrected chi connectivity index (χ0v) is 21.2. The molecule has 2 aromatic rings. The van der Waals surface area contributed by atoms with Crippen molar-refractivity contribution in [1.29, 1.82) is 0 Å². The second-order valence-electron chi connectivity index (χ2n) is 8.87. The maximum absolute atomic E-state index is 13.1. The molecule has 11 heteroatoms. The summed E-state index contributed by atoms with van der Waals surface area (Å²) in [4.78, 5) is 6.81. The monoisotopic (exact) mass is 504 g/mol. The summed E-state index contributed by atoms with van der Waals surface area (Å²) in [5.41, 5.74) is 0. The lowest BCUT2D eigenvalue weighted by Gasteiger charge is -2.36. The van der Waals surface area contributed by atoms with Crippen molar-refractivity contribution in [2.24, 2.45) is 0 Å². The van der Waals surface area contributed by atoms with E-state index in [2.05, 4.69) is 31.8 Å². The quantitative estimate of drug-likeness (QED) is 0.479. The minimum Gasteiger partial charge on any atom is -0.494 e. The van der Waals surface area contributed by atoms with Crippen molar-refractivity contribution in [3.8, 4) is 5.75 Å². The van der Waals surface area contributed by atoms with E-state index in [1.54, 1.807) is 24.3 Å². The van der Waals surface area contributed by atoms with Crippen LogP contribution in [0.4, 0.5) is 11.6 Å². The number of hydrogen-bond donors (Lipinski definition) is 1. The van der Waals surface area contributed by atoms with Gasteiger partial charge in [-0.25, -0.2) is 8.42 Å². The molecule has 35 heavy (non-hydrogen) atoms. The molecular weight excluding hydrogens is 468 g/mol. The Hall–Kier alpha value is -2.47. The zero-order valence-electron chi connectivity index (χ0n) is 20.4. The van der Waals surface area contributed by atoms with Crippen molar-refractivity contribution in [2.45, 2.75) is 24.7 Å². The highest BCUT2D eigenvalue weighted by Gasteiger charge is 2.29. The number of aliphatic hydroxyl groups excluding tert-OH is 1. The molecule has 2 aliphatic heterocycles. The largest absolute Gasteiger partial charge is 0.494 e. The fourth-order valence-corrected chi connectivity index (χ4v) is 5.77. The molecule has 10 nitrogen and oxygen atoms in total. The van der Waals surface area contributed by atoms with Gasteiger partial charge in [-0.1, -0.05) is 13.3 Å². The van der Waals surface area contributed by atoms with E-state index < -0.39 is 10.0 Å². The number of sulfonamides is 1. The predicted molar refractivity (Wildman–Crippen MR) is 136 cm³/mol. The number of rotatable bonds is 10. The summed E-state index contributed by atoms with van der Waals surface area (Å²) in [6, 6.07) is 10.6. The molecule has 2 fully saturated rings. The van der Waals surface area contributed by atoms with Crippen LogP contribution in [-0.2, 0) is 10.0 Å². The topological polar surface area (TPSA) is 102 Å². The number of hydrogen-bond acceptors (Lipinski definition) is 9. The van der Waals surface area contributed by atoms with Gasteiger partial charge in [0.15, 0.2) is 11.6 Å². The minimum atomic E-state index is -3.55. The summed E-state index contributed by atoms with van der Waals surface area (Å²) in [7, 11) is -3.55. The van der Waals surface area contributed by atoms with E-state index in [0.29, 0.717) is 45.1 Å². The number of ether oxygens (including phenoxy) is 1. The average molecular weight is 505 g/mol. The molecule has 4 rings (SSSR count). The number of aliphatic hydroxyl groups is 1. The first-order chi connectivity index (χ1) is 17.0. The van der Waals surface area contributed by atoms with Crippen LogP contribution in [0.1, 0.15) is 19.8 Å². The molecule has 192 valence electrons. The third-order valence-electron chi connectivity index (χ3n) is 6.54. The van der Waals surface area contributed by atoms with Crippen LogP contribution < -0.4 is 14.5 Å². The molecule has 0 unspecified atom stereocenters. The number of benzene rings is 1. The van der Waals surface area contributed by atoms with Gasteiger partial charge in [0.1, 0.15) is 5.75 Å². The van der Waals surface area contributed by atoms with Crippen LogP contribution in [0.5, 0.6) is 5.75 Å². The summed E-state index contributed by atoms with van der Waals surface area (Å²) in [6.45, 7) is 9.05. The Kier molecular flexibility index (Phi) is 8.77. The van der Waals surface area contributed by atoms with Crippen molar-refractivity contribution in [1.82, 2.24) is 19.4 Å². The summed E-state index contributed by atoms with van der Waals surface area (Å²) >= 11 is 0. The van der Waals surface area contributed by atoms with E-state index in [0.717, 1.165) is 50.7 Å². The zero-order chi connectivity index (χ0) is 24.7. The number of piperazine rings is 2. The van der Waals surface area contributed by atoms with Crippen LogP contribution in [-0.4, -0.2) is 105 Å². The van der Waals surface area contributed by atoms with Crippen LogP contribution in [0.2, 0.25) is 0 Å². The fraction of sp³-hybridized carbons (Fsp3) is 0.583. The lowest BCUT2D eigenvalue weighted by Crippen LogP contribution is -2.49. The van der Waals surface area contributed by atoms with Crippen molar-refractivity contribution < 1.29 is 18.3 Å². The van der Waals surface area contributed by atoms with E-state index in [9.17, 15) is 8.42 Å². The smallest absolute Gasteiger partial charge is 0.243 e. The molecule has 1 aromatic heterocycles. The molecule has 0 saturated carbocycles. The Bertz CT molecular complexity index is 1020. The second kappa shape index (κ2) is 12.0. The molecule has 0 spiro atoms. The number of aromatic nitrogens is 2. The molecular formula is C24H36N6O4S. The Balaban J connectivity index is 1.29. The molecule has 0 atom stereocenters. The van der Waals surface area contributed by atoms with Gasteiger partial charge in [0.05, 0.1) is 18.1 Å². The molecule has 0 aliphatic carbocycles. The molecule has 0 amide bonds. The van der Waals surface area contributed by atoms with Gasteiger partial charge in [-0.05, 0) is 42.8 Å². The van der Waals surface area contributed by atoms with Crippen LogP contribution in [0.3, 0.4) is 0 Å². The van der Waals surface area contributed by atoms with Gasteiger partial charge < -0.3 is 19.6 Å². The van der Waals surface area contributed by atoms with Crippen LogP contribution in [0, 0.1) is 0 Å². The average Bonchev–Trinajstić information content (AvgIpc) is 2.90. The van der Waals surface area contributed by atoms with Gasteiger partial charge >= 0.3 is 0 Å². The van der Waals surface area contributed by atoms with Crippen molar-refractivity contribution >= 4 is 21.7 Å². The Morgan fingerprint density at radius 2 is 1.43 bits per heavy atom. The number of unbranched alkanes of at least 4 members (excludes halogenated alkanes) is 1. The van der Waals surface area contributed by atoms with Crippen molar-refractivity contribution in [3.63, 3.8) is 0 Å². The second-order valence-corrected chi connectivity index (χ2v) is 10.8. The SMILES string of the molecule is CCCCOc1ccc(S(=O)(=O)N2CCN(c3ccc(N4CCN(CCO)CC4)nn3)CC2)cc1. The van der Waals surface area contributed by atoms with E-state index in [4.69, 9.17) is 9.84 Å². The Morgan fingerprint density at radius 1 is 0.857 bits per heavy atom. The summed E-state index contributed by atoms with van der Waals surface area (Å²) < 4.78 is 33.4. The van der Waals surface area contributed by atoms with E-state index in [1.165, 1.54) is 4.31 Å². The molecule has 2 saturated heterocycles. The van der Waals surface area contributed by atoms with Gasteiger partial charge in [0, 0.05) is 58.9 Å².